The number of hydrogen-bond acceptors (Lipinski definition) is 6. The molecule has 0 saturated carbocycles. The highest BCUT2D eigenvalue weighted by atomic mass is 32.2. The fourth-order valence-electron chi connectivity index (χ4n) is 3.55. The normalized spacial score (nSPS) is 22.4. The summed E-state index contributed by atoms with van der Waals surface area (Å²) in [5.41, 5.74) is 1.21. The molecule has 0 bridgehead atoms. The lowest BCUT2D eigenvalue weighted by atomic mass is 10.2. The average molecular weight is 386 g/mol. The first-order valence-corrected chi connectivity index (χ1v) is 11.3. The molecule has 2 aliphatic rings. The van der Waals surface area contributed by atoms with E-state index in [9.17, 15) is 18.0 Å². The number of aryl methyl sites for hydroxylation is 2. The first kappa shape index (κ1) is 18.4. The van der Waals surface area contributed by atoms with Crippen molar-refractivity contribution in [3.05, 3.63) is 21.4 Å². The zero-order valence-corrected chi connectivity index (χ0v) is 16.1. The van der Waals surface area contributed by atoms with E-state index in [0.717, 1.165) is 19.3 Å². The molecular formula is C17H23NO5S2. The van der Waals surface area contributed by atoms with E-state index in [-0.39, 0.29) is 23.5 Å². The number of carbonyl (C=O) groups is 2. The van der Waals surface area contributed by atoms with Crippen LogP contribution in [0.4, 0.5) is 0 Å². The Morgan fingerprint density at radius 2 is 2.16 bits per heavy atom. The van der Waals surface area contributed by atoms with E-state index in [2.05, 4.69) is 0 Å². The topological polar surface area (TPSA) is 80.8 Å². The maximum atomic E-state index is 12.6. The molecule has 1 aromatic rings. The van der Waals surface area contributed by atoms with Gasteiger partial charge in [0.15, 0.2) is 15.9 Å². The van der Waals surface area contributed by atoms with Gasteiger partial charge in [0.1, 0.15) is 4.88 Å². The van der Waals surface area contributed by atoms with Crippen LogP contribution in [0.15, 0.2) is 6.07 Å². The van der Waals surface area contributed by atoms with Gasteiger partial charge in [-0.3, -0.25) is 4.79 Å². The van der Waals surface area contributed by atoms with Gasteiger partial charge in [0.25, 0.3) is 5.91 Å². The summed E-state index contributed by atoms with van der Waals surface area (Å²) >= 11 is 1.44. The number of sulfone groups is 1. The van der Waals surface area contributed by atoms with Crippen LogP contribution in [0.2, 0.25) is 0 Å². The molecule has 8 heteroatoms. The Morgan fingerprint density at radius 1 is 1.40 bits per heavy atom. The zero-order valence-electron chi connectivity index (χ0n) is 14.5. The van der Waals surface area contributed by atoms with Crippen molar-refractivity contribution in [2.24, 2.45) is 0 Å². The molecule has 2 atom stereocenters. The number of hydrogen-bond donors (Lipinski definition) is 0. The molecule has 1 amide bonds. The van der Waals surface area contributed by atoms with Crippen LogP contribution in [-0.4, -0.2) is 55.4 Å². The molecule has 6 nitrogen and oxygen atoms in total. The molecule has 0 aromatic carbocycles. The van der Waals surface area contributed by atoms with E-state index in [1.54, 1.807) is 13.8 Å². The van der Waals surface area contributed by atoms with Crippen molar-refractivity contribution in [1.29, 1.82) is 0 Å². The maximum absolute atomic E-state index is 12.6. The number of fused-ring (bicyclic) bond motifs is 1. The fourth-order valence-corrected chi connectivity index (χ4v) is 6.41. The Balaban J connectivity index is 1.63. The van der Waals surface area contributed by atoms with Gasteiger partial charge in [-0.25, -0.2) is 13.2 Å². The molecular weight excluding hydrogens is 362 g/mol. The summed E-state index contributed by atoms with van der Waals surface area (Å²) in [6.07, 6.45) is 2.64. The summed E-state index contributed by atoms with van der Waals surface area (Å²) in [6.45, 7) is 3.75. The first-order chi connectivity index (χ1) is 11.8. The van der Waals surface area contributed by atoms with Crippen molar-refractivity contribution in [3.63, 3.8) is 0 Å². The molecule has 25 heavy (non-hydrogen) atoms. The second kappa shape index (κ2) is 7.07. The number of carbonyl (C=O) groups excluding carboxylic acids is 2. The number of nitrogens with zero attached hydrogens (tertiary/aromatic N) is 1. The predicted octanol–water partition coefficient (Wildman–Crippen LogP) is 1.82. The summed E-state index contributed by atoms with van der Waals surface area (Å²) in [7, 11) is -3.07. The van der Waals surface area contributed by atoms with Gasteiger partial charge in [-0.05, 0) is 51.2 Å². The van der Waals surface area contributed by atoms with Crippen molar-refractivity contribution in [2.75, 3.05) is 18.1 Å². The van der Waals surface area contributed by atoms with Gasteiger partial charge in [0.05, 0.1) is 11.5 Å². The molecule has 3 rings (SSSR count). The Morgan fingerprint density at radius 3 is 2.76 bits per heavy atom. The smallest absolute Gasteiger partial charge is 0.349 e. The lowest BCUT2D eigenvalue weighted by molar-refractivity contribution is -0.141. The summed E-state index contributed by atoms with van der Waals surface area (Å²) < 4.78 is 28.7. The van der Waals surface area contributed by atoms with Crippen LogP contribution in [0.5, 0.6) is 0 Å². The number of ether oxygens (including phenoxy) is 1. The third kappa shape index (κ3) is 3.89. The van der Waals surface area contributed by atoms with E-state index in [4.69, 9.17) is 4.74 Å². The predicted molar refractivity (Wildman–Crippen MR) is 95.7 cm³/mol. The van der Waals surface area contributed by atoms with Crippen LogP contribution in [-0.2, 0) is 32.2 Å². The number of thiophene rings is 1. The van der Waals surface area contributed by atoms with E-state index < -0.39 is 21.9 Å². The summed E-state index contributed by atoms with van der Waals surface area (Å²) in [5.74, 6) is -0.710. The standard InChI is InChI=1S/C17H23NO5S2/c1-3-18(13-7-8-25(21,22)10-13)16(19)11(2)23-17(20)15-9-12-5-4-6-14(12)24-15/h9,11,13H,3-8,10H2,1-2H3/t11-,13+/m1/s1. The summed E-state index contributed by atoms with van der Waals surface area (Å²) in [6, 6.07) is 1.54. The van der Waals surface area contributed by atoms with Gasteiger partial charge in [0, 0.05) is 17.5 Å². The van der Waals surface area contributed by atoms with Crippen molar-refractivity contribution in [3.8, 4) is 0 Å². The monoisotopic (exact) mass is 385 g/mol. The van der Waals surface area contributed by atoms with E-state index in [1.165, 1.54) is 26.7 Å². The second-order valence-electron chi connectivity index (χ2n) is 6.64. The number of esters is 1. The van der Waals surface area contributed by atoms with Gasteiger partial charge >= 0.3 is 5.97 Å². The minimum Gasteiger partial charge on any atom is -0.448 e. The lowest BCUT2D eigenvalue weighted by Crippen LogP contribution is -2.46. The van der Waals surface area contributed by atoms with Crippen LogP contribution < -0.4 is 0 Å². The lowest BCUT2D eigenvalue weighted by Gasteiger charge is -2.29. The average Bonchev–Trinajstić information content (AvgIpc) is 3.22. The largest absolute Gasteiger partial charge is 0.448 e. The van der Waals surface area contributed by atoms with Crippen molar-refractivity contribution in [1.82, 2.24) is 4.90 Å². The summed E-state index contributed by atoms with van der Waals surface area (Å²) in [5, 5.41) is 0. The van der Waals surface area contributed by atoms with Gasteiger partial charge in [-0.1, -0.05) is 0 Å². The van der Waals surface area contributed by atoms with Crippen molar-refractivity contribution in [2.45, 2.75) is 51.7 Å². The minimum atomic E-state index is -3.07. The number of likely N-dealkylation sites (N-methyl/N-ethyl adjacent to an activating group) is 1. The van der Waals surface area contributed by atoms with E-state index in [0.29, 0.717) is 17.8 Å². The van der Waals surface area contributed by atoms with Gasteiger partial charge < -0.3 is 9.64 Å². The third-order valence-corrected chi connectivity index (χ3v) is 7.82. The second-order valence-corrected chi connectivity index (χ2v) is 10.0. The SMILES string of the molecule is CCN(C(=O)[C@@H](C)OC(=O)c1cc2c(s1)CCC2)[C@H]1CCS(=O)(=O)C1. The van der Waals surface area contributed by atoms with E-state index >= 15 is 0 Å². The van der Waals surface area contributed by atoms with E-state index in [1.807, 2.05) is 6.07 Å². The Labute approximate surface area is 152 Å². The molecule has 2 heterocycles. The molecule has 0 spiro atoms. The fraction of sp³-hybridized carbons (Fsp3) is 0.647. The Kier molecular flexibility index (Phi) is 5.20. The van der Waals surface area contributed by atoms with Crippen molar-refractivity contribution >= 4 is 33.1 Å². The molecule has 0 N–H and O–H groups in total. The van der Waals surface area contributed by atoms with Gasteiger partial charge in [-0.2, -0.15) is 0 Å². The van der Waals surface area contributed by atoms with Crippen LogP contribution in [0.25, 0.3) is 0 Å². The highest BCUT2D eigenvalue weighted by Gasteiger charge is 2.36. The molecule has 0 radical (unpaired) electrons. The number of amides is 1. The van der Waals surface area contributed by atoms with Gasteiger partial charge in [0.2, 0.25) is 0 Å². The molecule has 1 aliphatic heterocycles. The maximum Gasteiger partial charge on any atom is 0.349 e. The quantitative estimate of drug-likeness (QED) is 0.722. The molecule has 1 fully saturated rings. The zero-order chi connectivity index (χ0) is 18.2. The Bertz CT molecular complexity index is 761. The number of rotatable bonds is 5. The van der Waals surface area contributed by atoms with Crippen LogP contribution in [0.3, 0.4) is 0 Å². The Hall–Kier alpha value is -1.41. The van der Waals surface area contributed by atoms with Crippen LogP contribution >= 0.6 is 11.3 Å². The van der Waals surface area contributed by atoms with Crippen LogP contribution in [0.1, 0.15) is 46.8 Å². The first-order valence-electron chi connectivity index (χ1n) is 8.64. The van der Waals surface area contributed by atoms with Crippen LogP contribution in [0, 0.1) is 0 Å². The molecule has 1 aromatic heterocycles. The summed E-state index contributed by atoms with van der Waals surface area (Å²) in [4.78, 5) is 28.3. The molecule has 138 valence electrons. The highest BCUT2D eigenvalue weighted by molar-refractivity contribution is 7.91. The molecule has 1 saturated heterocycles. The third-order valence-electron chi connectivity index (χ3n) is 4.85. The van der Waals surface area contributed by atoms with Gasteiger partial charge in [-0.15, -0.1) is 11.3 Å². The minimum absolute atomic E-state index is 0.00904. The molecule has 1 aliphatic carbocycles. The highest BCUT2D eigenvalue weighted by Crippen LogP contribution is 2.31. The van der Waals surface area contributed by atoms with Crippen molar-refractivity contribution < 1.29 is 22.7 Å². The molecule has 0 unspecified atom stereocenters.